The third-order valence-electron chi connectivity index (χ3n) is 5.20. The molecule has 0 aliphatic carbocycles. The number of aromatic nitrogens is 2. The molecule has 33 heavy (non-hydrogen) atoms. The molecule has 0 bridgehead atoms. The number of ether oxygens (including phenoxy) is 2. The van der Waals surface area contributed by atoms with Crippen LogP contribution in [0.25, 0.3) is 0 Å². The highest BCUT2D eigenvalue weighted by Gasteiger charge is 2.34. The Balaban J connectivity index is 1.41. The molecule has 0 radical (unpaired) electrons. The zero-order chi connectivity index (χ0) is 23.2. The Hall–Kier alpha value is -2.95. The molecule has 0 spiro atoms. The average molecular weight is 485 g/mol. The van der Waals surface area contributed by atoms with Gasteiger partial charge in [0, 0.05) is 42.3 Å². The maximum atomic E-state index is 12.9. The first-order valence-electron chi connectivity index (χ1n) is 10.4. The third kappa shape index (κ3) is 5.52. The summed E-state index contributed by atoms with van der Waals surface area (Å²) in [6, 6.07) is 14.8. The van der Waals surface area contributed by atoms with Crippen LogP contribution in [-0.2, 0) is 9.53 Å². The minimum atomic E-state index is -0.236. The highest BCUT2D eigenvalue weighted by atomic mass is 32.2. The van der Waals surface area contributed by atoms with Gasteiger partial charge in [0.1, 0.15) is 10.8 Å². The average Bonchev–Trinajstić information content (AvgIpc) is 3.46. The topological polar surface area (TPSA) is 93.7 Å². The van der Waals surface area contributed by atoms with E-state index in [0.717, 1.165) is 27.1 Å². The van der Waals surface area contributed by atoms with Gasteiger partial charge in [0.05, 0.1) is 19.3 Å². The lowest BCUT2D eigenvalue weighted by molar-refractivity contribution is -0.117. The molecule has 1 aromatic heterocycles. The molecule has 1 N–H and O–H groups in total. The quantitative estimate of drug-likeness (QED) is 0.362. The fourth-order valence-electron chi connectivity index (χ4n) is 3.51. The summed E-state index contributed by atoms with van der Waals surface area (Å²) in [5.74, 6) is 1.22. The molecule has 2 heterocycles. The van der Waals surface area contributed by atoms with Crippen molar-refractivity contribution < 1.29 is 19.1 Å². The molecule has 1 saturated heterocycles. The first kappa shape index (κ1) is 23.2. The lowest BCUT2D eigenvalue weighted by Crippen LogP contribution is -2.24. The molecule has 0 saturated carbocycles. The van der Waals surface area contributed by atoms with Gasteiger partial charge in [-0.05, 0) is 36.4 Å². The zero-order valence-electron chi connectivity index (χ0n) is 18.3. The van der Waals surface area contributed by atoms with Gasteiger partial charge < -0.3 is 14.4 Å². The molecule has 1 atom stereocenters. The number of benzene rings is 2. The Labute approximate surface area is 200 Å². The first-order valence-corrected chi connectivity index (χ1v) is 12.2. The van der Waals surface area contributed by atoms with Crippen molar-refractivity contribution in [2.45, 2.75) is 17.2 Å². The van der Waals surface area contributed by atoms with Crippen LogP contribution in [-0.4, -0.2) is 55.1 Å². The number of carbonyl (C=O) groups is 2. The molecule has 4 rings (SSSR count). The van der Waals surface area contributed by atoms with Gasteiger partial charge in [0.15, 0.2) is 0 Å². The number of hydrogen-bond donors (Lipinski definition) is 1. The Morgan fingerprint density at radius 3 is 2.73 bits per heavy atom. The largest absolute Gasteiger partial charge is 0.497 e. The van der Waals surface area contributed by atoms with Crippen LogP contribution in [0.5, 0.6) is 5.75 Å². The molecule has 1 unspecified atom stereocenters. The Morgan fingerprint density at radius 2 is 1.97 bits per heavy atom. The monoisotopic (exact) mass is 484 g/mol. The third-order valence-corrected chi connectivity index (χ3v) is 7.24. The van der Waals surface area contributed by atoms with E-state index in [2.05, 4.69) is 15.5 Å². The summed E-state index contributed by atoms with van der Waals surface area (Å²) in [4.78, 5) is 28.1. The molecule has 1 aliphatic rings. The Morgan fingerprint density at radius 1 is 1.18 bits per heavy atom. The van der Waals surface area contributed by atoms with E-state index in [1.165, 1.54) is 11.3 Å². The van der Waals surface area contributed by atoms with Crippen LogP contribution in [0, 0.1) is 0 Å². The van der Waals surface area contributed by atoms with Crippen LogP contribution in [0.15, 0.2) is 53.4 Å². The van der Waals surface area contributed by atoms with Crippen LogP contribution >= 0.6 is 23.1 Å². The number of methoxy groups -OCH3 is 2. The van der Waals surface area contributed by atoms with Crippen molar-refractivity contribution in [3.8, 4) is 5.75 Å². The van der Waals surface area contributed by atoms with Crippen molar-refractivity contribution in [1.29, 1.82) is 0 Å². The van der Waals surface area contributed by atoms with Crippen molar-refractivity contribution in [3.05, 3.63) is 59.1 Å². The predicted octanol–water partition coefficient (Wildman–Crippen LogP) is 4.06. The minimum Gasteiger partial charge on any atom is -0.497 e. The summed E-state index contributed by atoms with van der Waals surface area (Å²) in [6.45, 7) is 1.13. The van der Waals surface area contributed by atoms with Crippen LogP contribution in [0.1, 0.15) is 27.7 Å². The highest BCUT2D eigenvalue weighted by molar-refractivity contribution is 7.99. The standard InChI is InChI=1S/C23H24N4O4S2/c1-30-11-12-32-19-6-4-3-5-18(19)21(29)24-23-26-25-22(33-23)15-13-20(28)27(14-15)16-7-9-17(31-2)10-8-16/h3-10,15H,11-14H2,1-2H3,(H,24,26,29). The van der Waals surface area contributed by atoms with Crippen LogP contribution in [0.2, 0.25) is 0 Å². The molecule has 2 amide bonds. The number of rotatable bonds is 9. The number of anilines is 2. The lowest BCUT2D eigenvalue weighted by Gasteiger charge is -2.16. The van der Waals surface area contributed by atoms with Gasteiger partial charge in [0.2, 0.25) is 11.0 Å². The van der Waals surface area contributed by atoms with E-state index in [9.17, 15) is 9.59 Å². The number of nitrogens with one attached hydrogen (secondary N) is 1. The SMILES string of the molecule is COCCSc1ccccc1C(=O)Nc1nnc(C2CC(=O)N(c3ccc(OC)cc3)C2)s1. The molecule has 2 aromatic carbocycles. The molecular weight excluding hydrogens is 460 g/mol. The van der Waals surface area contributed by atoms with E-state index in [1.807, 2.05) is 42.5 Å². The number of hydrogen-bond acceptors (Lipinski definition) is 8. The van der Waals surface area contributed by atoms with Crippen molar-refractivity contribution in [1.82, 2.24) is 10.2 Å². The van der Waals surface area contributed by atoms with Crippen molar-refractivity contribution in [2.24, 2.45) is 0 Å². The number of carbonyl (C=O) groups excluding carboxylic acids is 2. The summed E-state index contributed by atoms with van der Waals surface area (Å²) in [5, 5.41) is 12.4. The Kier molecular flexibility index (Phi) is 7.58. The van der Waals surface area contributed by atoms with E-state index < -0.39 is 0 Å². The fourth-order valence-corrected chi connectivity index (χ4v) is 5.30. The van der Waals surface area contributed by atoms with Gasteiger partial charge in [-0.1, -0.05) is 23.5 Å². The summed E-state index contributed by atoms with van der Waals surface area (Å²) in [6.07, 6.45) is 0.355. The van der Waals surface area contributed by atoms with Crippen LogP contribution in [0.3, 0.4) is 0 Å². The minimum absolute atomic E-state index is 0.0352. The molecule has 1 fully saturated rings. The summed E-state index contributed by atoms with van der Waals surface area (Å²) < 4.78 is 10.3. The van der Waals surface area contributed by atoms with Gasteiger partial charge in [0.25, 0.3) is 5.91 Å². The normalized spacial score (nSPS) is 15.6. The van der Waals surface area contributed by atoms with Crippen molar-refractivity contribution in [2.75, 3.05) is 43.3 Å². The second kappa shape index (κ2) is 10.8. The first-order chi connectivity index (χ1) is 16.1. The second-order valence-corrected chi connectivity index (χ2v) is 9.49. The van der Waals surface area contributed by atoms with E-state index in [4.69, 9.17) is 9.47 Å². The van der Waals surface area contributed by atoms with Gasteiger partial charge in [-0.15, -0.1) is 22.0 Å². The molecule has 172 valence electrons. The van der Waals surface area contributed by atoms with Crippen LogP contribution in [0.4, 0.5) is 10.8 Å². The predicted molar refractivity (Wildman–Crippen MR) is 130 cm³/mol. The van der Waals surface area contributed by atoms with E-state index >= 15 is 0 Å². The fraction of sp³-hybridized carbons (Fsp3) is 0.304. The summed E-state index contributed by atoms with van der Waals surface area (Å²) in [5.41, 5.74) is 1.40. The van der Waals surface area contributed by atoms with Gasteiger partial charge in [-0.2, -0.15) is 0 Å². The Bertz CT molecular complexity index is 1120. The van der Waals surface area contributed by atoms with Crippen LogP contribution < -0.4 is 15.0 Å². The second-order valence-electron chi connectivity index (χ2n) is 7.34. The zero-order valence-corrected chi connectivity index (χ0v) is 19.9. The highest BCUT2D eigenvalue weighted by Crippen LogP contribution is 2.35. The van der Waals surface area contributed by atoms with Gasteiger partial charge in [-0.3, -0.25) is 14.9 Å². The molecule has 10 heteroatoms. The molecule has 8 nitrogen and oxygen atoms in total. The summed E-state index contributed by atoms with van der Waals surface area (Å²) >= 11 is 2.87. The molecule has 1 aliphatic heterocycles. The smallest absolute Gasteiger partial charge is 0.258 e. The number of thioether (sulfide) groups is 1. The van der Waals surface area contributed by atoms with Crippen molar-refractivity contribution in [3.63, 3.8) is 0 Å². The van der Waals surface area contributed by atoms with Gasteiger partial charge in [-0.25, -0.2) is 0 Å². The van der Waals surface area contributed by atoms with Crippen molar-refractivity contribution >= 4 is 45.7 Å². The maximum Gasteiger partial charge on any atom is 0.258 e. The number of amides is 2. The van der Waals surface area contributed by atoms with Gasteiger partial charge >= 0.3 is 0 Å². The lowest BCUT2D eigenvalue weighted by atomic mass is 10.1. The van der Waals surface area contributed by atoms with E-state index in [-0.39, 0.29) is 17.7 Å². The van der Waals surface area contributed by atoms with E-state index in [0.29, 0.717) is 30.3 Å². The number of nitrogens with zero attached hydrogens (tertiary/aromatic N) is 3. The summed E-state index contributed by atoms with van der Waals surface area (Å²) in [7, 11) is 3.26. The maximum absolute atomic E-state index is 12.9. The van der Waals surface area contributed by atoms with E-state index in [1.54, 1.807) is 36.9 Å². The molecule has 3 aromatic rings. The molecular formula is C23H24N4O4S2.